The zero-order valence-corrected chi connectivity index (χ0v) is 7.91. The first-order chi connectivity index (χ1) is 6.09. The molecule has 0 radical (unpaired) electrons. The second-order valence-electron chi connectivity index (χ2n) is 2.50. The molecule has 0 aromatic carbocycles. The zero-order valence-electron chi connectivity index (χ0n) is 7.16. The molecule has 0 amide bonds. The number of hydrogen-bond donors (Lipinski definition) is 0. The molecule has 0 aliphatic heterocycles. The normalized spacial score (nSPS) is 9.69. The largest absolute Gasteiger partial charge is 0.456 e. The predicted octanol–water partition coefficient (Wildman–Crippen LogP) is 1.33. The first kappa shape index (κ1) is 9.80. The topological polar surface area (TPSA) is 44.1 Å². The lowest BCUT2D eigenvalue weighted by Gasteiger charge is -1.99. The van der Waals surface area contributed by atoms with Crippen LogP contribution in [-0.2, 0) is 11.8 Å². The minimum Gasteiger partial charge on any atom is -0.456 e. The zero-order chi connectivity index (χ0) is 9.84. The molecule has 5 heteroatoms. The third-order valence-corrected chi connectivity index (χ3v) is 1.41. The monoisotopic (exact) mass is 200 g/mol. The third-order valence-electron chi connectivity index (χ3n) is 1.30. The number of esters is 1. The van der Waals surface area contributed by atoms with Gasteiger partial charge in [0, 0.05) is 18.3 Å². The highest BCUT2D eigenvalue weighted by molar-refractivity contribution is 6.29. The smallest absolute Gasteiger partial charge is 0.341 e. The number of nitrogens with zero attached hydrogens (tertiary/aromatic N) is 2. The molecule has 70 valence electrons. The second-order valence-corrected chi connectivity index (χ2v) is 3.03. The highest BCUT2D eigenvalue weighted by Gasteiger charge is 2.08. The summed E-state index contributed by atoms with van der Waals surface area (Å²) in [6.07, 6.45) is 3.00. The predicted molar refractivity (Wildman–Crippen MR) is 48.5 cm³/mol. The lowest BCUT2D eigenvalue weighted by Crippen LogP contribution is -2.05. The average Bonchev–Trinajstić information content (AvgIpc) is 2.47. The Bertz CT molecular complexity index is 333. The highest BCUT2D eigenvalue weighted by Crippen LogP contribution is 2.02. The van der Waals surface area contributed by atoms with Crippen molar-refractivity contribution < 1.29 is 9.53 Å². The fourth-order valence-electron chi connectivity index (χ4n) is 0.754. The summed E-state index contributed by atoms with van der Waals surface area (Å²) in [7, 11) is 1.72. The van der Waals surface area contributed by atoms with E-state index in [1.807, 2.05) is 0 Å². The van der Waals surface area contributed by atoms with Crippen molar-refractivity contribution in [2.75, 3.05) is 6.61 Å². The fourth-order valence-corrected chi connectivity index (χ4v) is 0.808. The van der Waals surface area contributed by atoms with Crippen LogP contribution < -0.4 is 0 Å². The minimum absolute atomic E-state index is 0.0231. The summed E-state index contributed by atoms with van der Waals surface area (Å²) in [6.45, 7) is 3.42. The molecular weight excluding hydrogens is 192 g/mol. The molecule has 0 fully saturated rings. The van der Waals surface area contributed by atoms with Crippen molar-refractivity contribution in [3.05, 3.63) is 29.6 Å². The van der Waals surface area contributed by atoms with Gasteiger partial charge < -0.3 is 4.74 Å². The Hall–Kier alpha value is -1.29. The number of carbonyl (C=O) groups is 1. The number of ether oxygens (including phenoxy) is 1. The summed E-state index contributed by atoms with van der Waals surface area (Å²) in [4.78, 5) is 11.2. The van der Waals surface area contributed by atoms with Crippen LogP contribution in [0.4, 0.5) is 0 Å². The summed E-state index contributed by atoms with van der Waals surface area (Å²) >= 11 is 5.42. The Kier molecular flexibility index (Phi) is 3.08. The minimum atomic E-state index is -0.449. The van der Waals surface area contributed by atoms with Crippen molar-refractivity contribution in [3.8, 4) is 0 Å². The molecule has 1 aromatic rings. The van der Waals surface area contributed by atoms with Gasteiger partial charge in [0.2, 0.25) is 0 Å². The van der Waals surface area contributed by atoms with E-state index < -0.39 is 5.97 Å². The summed E-state index contributed by atoms with van der Waals surface area (Å²) in [5.74, 6) is -0.449. The van der Waals surface area contributed by atoms with Crippen LogP contribution in [0.15, 0.2) is 24.0 Å². The molecule has 0 unspecified atom stereocenters. The van der Waals surface area contributed by atoms with E-state index in [1.165, 1.54) is 10.9 Å². The van der Waals surface area contributed by atoms with Gasteiger partial charge in [-0.1, -0.05) is 18.2 Å². The van der Waals surface area contributed by atoms with Gasteiger partial charge in [0.15, 0.2) is 0 Å². The molecule has 1 heterocycles. The van der Waals surface area contributed by atoms with E-state index in [0.717, 1.165) is 0 Å². The summed E-state index contributed by atoms with van der Waals surface area (Å²) in [5.41, 5.74) is 0.403. The van der Waals surface area contributed by atoms with Gasteiger partial charge >= 0.3 is 5.97 Å². The molecule has 1 rings (SSSR count). The van der Waals surface area contributed by atoms with Crippen molar-refractivity contribution >= 4 is 17.6 Å². The fraction of sp³-hybridized carbons (Fsp3) is 0.250. The van der Waals surface area contributed by atoms with Crippen LogP contribution >= 0.6 is 11.6 Å². The lowest BCUT2D eigenvalue weighted by atomic mass is 10.4. The molecule has 0 spiro atoms. The Morgan fingerprint density at radius 1 is 1.85 bits per heavy atom. The van der Waals surface area contributed by atoms with Crippen LogP contribution in [-0.4, -0.2) is 22.4 Å². The van der Waals surface area contributed by atoms with E-state index in [1.54, 1.807) is 13.2 Å². The molecule has 0 saturated heterocycles. The maximum Gasteiger partial charge on any atom is 0.341 e. The van der Waals surface area contributed by atoms with E-state index in [2.05, 4.69) is 11.7 Å². The van der Waals surface area contributed by atoms with Gasteiger partial charge in [0.05, 0.1) is 11.8 Å². The molecule has 0 N–H and O–H groups in total. The van der Waals surface area contributed by atoms with Gasteiger partial charge in [-0.15, -0.1) is 0 Å². The molecule has 0 atom stereocenters. The molecule has 0 aliphatic carbocycles. The van der Waals surface area contributed by atoms with E-state index in [0.29, 0.717) is 5.56 Å². The van der Waals surface area contributed by atoms with E-state index in [-0.39, 0.29) is 11.6 Å². The van der Waals surface area contributed by atoms with Crippen LogP contribution in [0.5, 0.6) is 0 Å². The first-order valence-corrected chi connectivity index (χ1v) is 3.96. The van der Waals surface area contributed by atoms with E-state index in [9.17, 15) is 4.79 Å². The quantitative estimate of drug-likeness (QED) is 0.692. The molecule has 0 saturated carbocycles. The van der Waals surface area contributed by atoms with Crippen molar-refractivity contribution in [2.45, 2.75) is 0 Å². The number of aromatic nitrogens is 2. The van der Waals surface area contributed by atoms with Crippen LogP contribution in [0.3, 0.4) is 0 Å². The Balaban J connectivity index is 2.54. The molecule has 0 bridgehead atoms. The van der Waals surface area contributed by atoms with Crippen molar-refractivity contribution in [1.82, 2.24) is 9.78 Å². The van der Waals surface area contributed by atoms with Crippen LogP contribution in [0.1, 0.15) is 10.4 Å². The standard InChI is InChI=1S/C8H9ClN2O2/c1-6(9)5-13-8(12)7-3-10-11(2)4-7/h3-4H,1,5H2,2H3. The molecule has 1 aromatic heterocycles. The van der Waals surface area contributed by atoms with Gasteiger partial charge in [0.1, 0.15) is 6.61 Å². The van der Waals surface area contributed by atoms with Gasteiger partial charge in [0.25, 0.3) is 0 Å². The van der Waals surface area contributed by atoms with Crippen LogP contribution in [0, 0.1) is 0 Å². The number of halogens is 1. The van der Waals surface area contributed by atoms with Crippen molar-refractivity contribution in [3.63, 3.8) is 0 Å². The number of rotatable bonds is 3. The average molecular weight is 201 g/mol. The summed E-state index contributed by atoms with van der Waals surface area (Å²) in [5, 5.41) is 4.11. The Labute approximate surface area is 80.8 Å². The SMILES string of the molecule is C=C(Cl)COC(=O)c1cnn(C)c1. The van der Waals surface area contributed by atoms with Crippen molar-refractivity contribution in [1.29, 1.82) is 0 Å². The van der Waals surface area contributed by atoms with Gasteiger partial charge in [-0.2, -0.15) is 5.10 Å². The third kappa shape index (κ3) is 2.91. The number of carbonyl (C=O) groups excluding carboxylic acids is 1. The summed E-state index contributed by atoms with van der Waals surface area (Å²) < 4.78 is 6.30. The Morgan fingerprint density at radius 3 is 3.00 bits per heavy atom. The first-order valence-electron chi connectivity index (χ1n) is 3.58. The molecule has 4 nitrogen and oxygen atoms in total. The maximum atomic E-state index is 11.2. The van der Waals surface area contributed by atoms with Crippen molar-refractivity contribution in [2.24, 2.45) is 7.05 Å². The van der Waals surface area contributed by atoms with Gasteiger partial charge in [-0.3, -0.25) is 4.68 Å². The van der Waals surface area contributed by atoms with E-state index >= 15 is 0 Å². The Morgan fingerprint density at radius 2 is 2.54 bits per heavy atom. The summed E-state index contributed by atoms with van der Waals surface area (Å²) in [6, 6.07) is 0. The van der Waals surface area contributed by atoms with Gasteiger partial charge in [-0.05, 0) is 0 Å². The van der Waals surface area contributed by atoms with Crippen LogP contribution in [0.2, 0.25) is 0 Å². The second kappa shape index (κ2) is 4.09. The van der Waals surface area contributed by atoms with Crippen LogP contribution in [0.25, 0.3) is 0 Å². The van der Waals surface area contributed by atoms with E-state index in [4.69, 9.17) is 16.3 Å². The molecule has 13 heavy (non-hydrogen) atoms. The molecule has 0 aliphatic rings. The highest BCUT2D eigenvalue weighted by atomic mass is 35.5. The van der Waals surface area contributed by atoms with Gasteiger partial charge in [-0.25, -0.2) is 4.79 Å². The molecular formula is C8H9ClN2O2. The maximum absolute atomic E-state index is 11.2. The number of aryl methyl sites for hydroxylation is 1. The lowest BCUT2D eigenvalue weighted by molar-refractivity contribution is 0.0546. The number of hydrogen-bond acceptors (Lipinski definition) is 3.